The van der Waals surface area contributed by atoms with Crippen LogP contribution in [0.3, 0.4) is 0 Å². The van der Waals surface area contributed by atoms with Crippen LogP contribution in [0.4, 0.5) is 26.0 Å². The summed E-state index contributed by atoms with van der Waals surface area (Å²) in [6.45, 7) is 5.55. The van der Waals surface area contributed by atoms with Crippen molar-refractivity contribution in [3.8, 4) is 0 Å². The molecule has 10 heteroatoms. The van der Waals surface area contributed by atoms with Crippen LogP contribution in [0.15, 0.2) is 52.2 Å². The number of para-hydroxylation sites is 1. The van der Waals surface area contributed by atoms with Gasteiger partial charge in [0.05, 0.1) is 11.4 Å². The van der Waals surface area contributed by atoms with E-state index in [2.05, 4.69) is 46.5 Å². The summed E-state index contributed by atoms with van der Waals surface area (Å²) in [7, 11) is 0. The van der Waals surface area contributed by atoms with Crippen LogP contribution in [-0.4, -0.2) is 21.1 Å². The second-order valence-electron chi connectivity index (χ2n) is 7.01. The molecule has 0 aliphatic rings. The lowest BCUT2D eigenvalue weighted by molar-refractivity contribution is -0.115. The molecule has 2 aromatic carbocycles. The molecule has 0 bridgehead atoms. The van der Waals surface area contributed by atoms with Gasteiger partial charge in [-0.2, -0.15) is 0 Å². The molecule has 1 amide bonds. The van der Waals surface area contributed by atoms with Crippen molar-refractivity contribution >= 4 is 62.0 Å². The van der Waals surface area contributed by atoms with E-state index >= 15 is 0 Å². The zero-order valence-corrected chi connectivity index (χ0v) is 20.1. The number of nitrogens with zero attached hydrogens (tertiary/aromatic N) is 4. The largest absolute Gasteiger partial charge is 0.330 e. The molecule has 2 aromatic heterocycles. The number of hydrogen-bond donors (Lipinski definition) is 1. The molecule has 0 spiro atoms. The molecular formula is C22H20FN5OS3. The quantitative estimate of drug-likeness (QED) is 0.303. The summed E-state index contributed by atoms with van der Waals surface area (Å²) in [4.78, 5) is 18.0. The highest BCUT2D eigenvalue weighted by atomic mass is 32.2. The highest BCUT2D eigenvalue weighted by Crippen LogP contribution is 2.34. The lowest BCUT2D eigenvalue weighted by Gasteiger charge is -2.18. The summed E-state index contributed by atoms with van der Waals surface area (Å²) in [5.74, 6) is -0.195. The summed E-state index contributed by atoms with van der Waals surface area (Å²) in [5, 5.41) is 14.7. The number of thiazole rings is 1. The van der Waals surface area contributed by atoms with Gasteiger partial charge in [0, 0.05) is 23.7 Å². The number of halogens is 1. The summed E-state index contributed by atoms with van der Waals surface area (Å²) in [6.07, 6.45) is 0. The number of thioether (sulfide) groups is 1. The Morgan fingerprint density at radius 3 is 2.72 bits per heavy atom. The van der Waals surface area contributed by atoms with E-state index in [1.54, 1.807) is 18.2 Å². The summed E-state index contributed by atoms with van der Waals surface area (Å²) < 4.78 is 15.0. The van der Waals surface area contributed by atoms with Gasteiger partial charge in [0.25, 0.3) is 0 Å². The maximum absolute atomic E-state index is 14.2. The minimum Gasteiger partial charge on any atom is -0.330 e. The average Bonchev–Trinajstić information content (AvgIpc) is 3.40. The number of carbonyl (C=O) groups excluding carboxylic acids is 1. The van der Waals surface area contributed by atoms with Crippen molar-refractivity contribution in [3.05, 3.63) is 70.5 Å². The fourth-order valence-corrected chi connectivity index (χ4v) is 5.55. The number of benzene rings is 2. The fourth-order valence-electron chi connectivity index (χ4n) is 2.90. The minimum atomic E-state index is -0.466. The van der Waals surface area contributed by atoms with Crippen LogP contribution in [0.25, 0.3) is 0 Å². The van der Waals surface area contributed by atoms with Crippen molar-refractivity contribution in [1.29, 1.82) is 0 Å². The Morgan fingerprint density at radius 2 is 1.97 bits per heavy atom. The first kappa shape index (κ1) is 22.4. The van der Waals surface area contributed by atoms with Crippen LogP contribution >= 0.6 is 34.4 Å². The number of carbonyl (C=O) groups is 1. The van der Waals surface area contributed by atoms with E-state index in [0.717, 1.165) is 20.9 Å². The summed E-state index contributed by atoms with van der Waals surface area (Å²) >= 11 is 4.28. The van der Waals surface area contributed by atoms with Gasteiger partial charge in [-0.3, -0.25) is 9.69 Å². The smallest absolute Gasteiger partial charge is 0.230 e. The molecule has 4 aromatic rings. The Morgan fingerprint density at radius 1 is 1.16 bits per heavy atom. The van der Waals surface area contributed by atoms with E-state index < -0.39 is 5.82 Å². The Bertz CT molecular complexity index is 1260. The van der Waals surface area contributed by atoms with Crippen molar-refractivity contribution in [2.75, 3.05) is 10.2 Å². The highest BCUT2D eigenvalue weighted by molar-refractivity contribution is 8.00. The Labute approximate surface area is 197 Å². The van der Waals surface area contributed by atoms with E-state index in [1.807, 2.05) is 11.4 Å². The molecular weight excluding hydrogens is 465 g/mol. The number of aromatic nitrogens is 3. The maximum atomic E-state index is 14.2. The third-order valence-electron chi connectivity index (χ3n) is 4.65. The molecule has 0 unspecified atom stereocenters. The molecule has 0 saturated carbocycles. The van der Waals surface area contributed by atoms with Gasteiger partial charge in [0.15, 0.2) is 9.47 Å². The van der Waals surface area contributed by atoms with Gasteiger partial charge in [-0.1, -0.05) is 41.3 Å². The number of nitrogens with one attached hydrogen (secondary N) is 1. The predicted octanol–water partition coefficient (Wildman–Crippen LogP) is 6.47. The zero-order chi connectivity index (χ0) is 22.7. The number of anilines is 4. The van der Waals surface area contributed by atoms with Gasteiger partial charge in [-0.25, -0.2) is 9.37 Å². The van der Waals surface area contributed by atoms with Crippen LogP contribution in [0, 0.1) is 19.7 Å². The number of amides is 1. The van der Waals surface area contributed by atoms with Crippen LogP contribution < -0.4 is 10.2 Å². The Balaban J connectivity index is 1.41. The van der Waals surface area contributed by atoms with E-state index in [4.69, 9.17) is 0 Å². The number of aryl methyl sites for hydroxylation is 2. The lowest BCUT2D eigenvalue weighted by atomic mass is 10.1. The molecule has 0 radical (unpaired) electrons. The van der Waals surface area contributed by atoms with Gasteiger partial charge < -0.3 is 5.32 Å². The second-order valence-corrected chi connectivity index (χ2v) is 10.0. The third-order valence-corrected chi connectivity index (χ3v) is 7.53. The van der Waals surface area contributed by atoms with E-state index in [-0.39, 0.29) is 11.6 Å². The normalized spacial score (nSPS) is 10.9. The molecule has 0 fully saturated rings. The monoisotopic (exact) mass is 485 g/mol. The van der Waals surface area contributed by atoms with Gasteiger partial charge in [0.1, 0.15) is 5.82 Å². The first-order valence-electron chi connectivity index (χ1n) is 9.71. The topological polar surface area (TPSA) is 71.0 Å². The number of hydrogen-bond acceptors (Lipinski definition) is 8. The van der Waals surface area contributed by atoms with Gasteiger partial charge in [0.2, 0.25) is 11.0 Å². The standard InChI is InChI=1S/C22H20FN5OS3/c1-13-8-9-16(10-14(13)2)24-20-26-27-22(32-20)31-12-17-11-30-21(25-17)28(15(3)29)19-7-5-4-6-18(19)23/h4-11H,12H2,1-3H3,(H,24,26). The van der Waals surface area contributed by atoms with Crippen LogP contribution in [-0.2, 0) is 10.5 Å². The molecule has 2 heterocycles. The first-order chi connectivity index (χ1) is 15.4. The number of rotatable bonds is 7. The minimum absolute atomic E-state index is 0.194. The Kier molecular flexibility index (Phi) is 6.83. The van der Waals surface area contributed by atoms with Gasteiger partial charge >= 0.3 is 0 Å². The lowest BCUT2D eigenvalue weighted by Crippen LogP contribution is -2.23. The molecule has 0 saturated heterocycles. The predicted molar refractivity (Wildman–Crippen MR) is 130 cm³/mol. The van der Waals surface area contributed by atoms with Crippen molar-refractivity contribution < 1.29 is 9.18 Å². The van der Waals surface area contributed by atoms with Crippen LogP contribution in [0.2, 0.25) is 0 Å². The van der Waals surface area contributed by atoms with Gasteiger partial charge in [-0.05, 0) is 49.2 Å². The van der Waals surface area contributed by atoms with Crippen LogP contribution in [0.5, 0.6) is 0 Å². The summed E-state index contributed by atoms with van der Waals surface area (Å²) in [5.41, 5.74) is 4.41. The molecule has 0 aliphatic carbocycles. The molecule has 1 N–H and O–H groups in total. The SMILES string of the molecule is CC(=O)N(c1nc(CSc2nnc(Nc3ccc(C)c(C)c3)s2)cs1)c1ccccc1F. The molecule has 164 valence electrons. The molecule has 0 aliphatic heterocycles. The second kappa shape index (κ2) is 9.76. The van der Waals surface area contributed by atoms with E-state index in [9.17, 15) is 9.18 Å². The molecule has 0 atom stereocenters. The summed E-state index contributed by atoms with van der Waals surface area (Å²) in [6, 6.07) is 12.3. The molecule has 6 nitrogen and oxygen atoms in total. The fraction of sp³-hybridized carbons (Fsp3) is 0.182. The Hall–Kier alpha value is -2.82. The van der Waals surface area contributed by atoms with Gasteiger partial charge in [-0.15, -0.1) is 21.5 Å². The van der Waals surface area contributed by atoms with Crippen molar-refractivity contribution in [3.63, 3.8) is 0 Å². The molecule has 4 rings (SSSR count). The van der Waals surface area contributed by atoms with Crippen LogP contribution in [0.1, 0.15) is 23.7 Å². The first-order valence-corrected chi connectivity index (χ1v) is 12.4. The van der Waals surface area contributed by atoms with Crippen molar-refractivity contribution in [1.82, 2.24) is 15.2 Å². The van der Waals surface area contributed by atoms with Crippen molar-refractivity contribution in [2.24, 2.45) is 0 Å². The maximum Gasteiger partial charge on any atom is 0.230 e. The molecule has 32 heavy (non-hydrogen) atoms. The average molecular weight is 486 g/mol. The van der Waals surface area contributed by atoms with E-state index in [0.29, 0.717) is 10.9 Å². The highest BCUT2D eigenvalue weighted by Gasteiger charge is 2.21. The van der Waals surface area contributed by atoms with E-state index in [1.165, 1.54) is 63.5 Å². The van der Waals surface area contributed by atoms with Crippen molar-refractivity contribution in [2.45, 2.75) is 30.9 Å². The third kappa shape index (κ3) is 5.14. The zero-order valence-electron chi connectivity index (χ0n) is 17.6.